The van der Waals surface area contributed by atoms with Crippen molar-refractivity contribution >= 4 is 23.4 Å². The molecule has 0 saturated carbocycles. The van der Waals surface area contributed by atoms with Gasteiger partial charge in [-0.3, -0.25) is 14.4 Å². The highest BCUT2D eigenvalue weighted by molar-refractivity contribution is 6.02. The van der Waals surface area contributed by atoms with E-state index in [4.69, 9.17) is 9.47 Å². The summed E-state index contributed by atoms with van der Waals surface area (Å²) in [6.45, 7) is 10.5. The van der Waals surface area contributed by atoms with Crippen LogP contribution in [0.3, 0.4) is 0 Å². The number of likely N-dealkylation sites (tertiary alicyclic amines) is 1. The van der Waals surface area contributed by atoms with Crippen LogP contribution < -0.4 is 15.4 Å². The molecule has 3 saturated heterocycles. The first-order valence-corrected chi connectivity index (χ1v) is 14.1. The minimum atomic E-state index is -1.11. The number of aliphatic hydroxyl groups is 1. The number of nitrogens with zero attached hydrogens (tertiary/aromatic N) is 1. The second-order valence-electron chi connectivity index (χ2n) is 11.4. The number of hydrogen-bond acceptors (Lipinski definition) is 6. The fourth-order valence-corrected chi connectivity index (χ4v) is 6.75. The second kappa shape index (κ2) is 11.2. The molecule has 0 aliphatic carbocycles. The average molecular weight is 530 g/mol. The molecule has 2 unspecified atom stereocenters. The number of carbonyl (C=O) groups excluding carboxylic acids is 3. The molecule has 0 radical (unpaired) electrons. The second-order valence-corrected chi connectivity index (χ2v) is 11.4. The quantitative estimate of drug-likeness (QED) is 0.358. The summed E-state index contributed by atoms with van der Waals surface area (Å²) in [6, 6.07) is 5.66. The smallest absolute Gasteiger partial charge is 0.245 e. The molecule has 1 aromatic rings. The van der Waals surface area contributed by atoms with Crippen molar-refractivity contribution < 1.29 is 29.0 Å². The zero-order chi connectivity index (χ0) is 27.7. The van der Waals surface area contributed by atoms with Crippen LogP contribution in [0.5, 0.6) is 5.75 Å². The highest BCUT2D eigenvalue weighted by atomic mass is 16.5. The molecule has 210 valence electrons. The zero-order valence-electron chi connectivity index (χ0n) is 23.3. The molecule has 9 nitrogen and oxygen atoms in total. The Balaban J connectivity index is 1.65. The molecule has 2 bridgehead atoms. The maximum absolute atomic E-state index is 14.2. The van der Waals surface area contributed by atoms with E-state index in [0.29, 0.717) is 37.4 Å². The number of benzene rings is 1. The standard InChI is InChI=1S/C29H43N3O6/c1-6-8-9-16-30-26(35)24-29-15-14-28(5,38-29)22(23(29)27(36)32(24)21(17-33)18(3)4)25(34)31-19-10-12-20(13-11-19)37-7-2/h10-13,18,21-24,33H,6-9,14-17H2,1-5H3,(H,30,35)(H,31,34)/t21-,22+,23-,24?,28-,29?/m0/s1. The van der Waals surface area contributed by atoms with Crippen molar-refractivity contribution in [1.29, 1.82) is 0 Å². The number of nitrogens with one attached hydrogen (secondary N) is 2. The van der Waals surface area contributed by atoms with Gasteiger partial charge in [0.15, 0.2) is 0 Å². The van der Waals surface area contributed by atoms with Crippen molar-refractivity contribution in [2.75, 3.05) is 25.1 Å². The molecule has 3 aliphatic rings. The molecule has 3 heterocycles. The maximum Gasteiger partial charge on any atom is 0.245 e. The maximum atomic E-state index is 14.2. The SMILES string of the molecule is CCCCCNC(=O)C1N([C@@H](CO)C(C)C)C(=O)[C@@H]2[C@H](C(=O)Nc3ccc(OCC)cc3)[C@]3(C)CCC12O3. The van der Waals surface area contributed by atoms with Crippen LogP contribution in [0.25, 0.3) is 0 Å². The van der Waals surface area contributed by atoms with Crippen molar-refractivity contribution in [1.82, 2.24) is 10.2 Å². The molecule has 4 rings (SSSR count). The summed E-state index contributed by atoms with van der Waals surface area (Å²) in [5, 5.41) is 16.3. The van der Waals surface area contributed by atoms with Crippen LogP contribution in [0.1, 0.15) is 66.7 Å². The summed E-state index contributed by atoms with van der Waals surface area (Å²) in [5.41, 5.74) is -1.37. The first-order valence-electron chi connectivity index (χ1n) is 14.1. The molecule has 6 atom stereocenters. The summed E-state index contributed by atoms with van der Waals surface area (Å²) in [4.78, 5) is 43.2. The lowest BCUT2D eigenvalue weighted by Crippen LogP contribution is -2.59. The Bertz CT molecular complexity index is 1030. The first-order chi connectivity index (χ1) is 18.1. The van der Waals surface area contributed by atoms with Crippen LogP contribution in [0, 0.1) is 17.8 Å². The Morgan fingerprint density at radius 1 is 1.16 bits per heavy atom. The minimum absolute atomic E-state index is 0.0847. The average Bonchev–Trinajstić information content (AvgIpc) is 3.44. The van der Waals surface area contributed by atoms with Crippen LogP contribution in [0.4, 0.5) is 5.69 Å². The van der Waals surface area contributed by atoms with Gasteiger partial charge in [0.2, 0.25) is 17.7 Å². The van der Waals surface area contributed by atoms with Gasteiger partial charge in [0.25, 0.3) is 0 Å². The predicted molar refractivity (Wildman–Crippen MR) is 144 cm³/mol. The number of amides is 3. The van der Waals surface area contributed by atoms with Gasteiger partial charge < -0.3 is 30.1 Å². The van der Waals surface area contributed by atoms with Gasteiger partial charge in [0.1, 0.15) is 17.4 Å². The van der Waals surface area contributed by atoms with Gasteiger partial charge in [-0.1, -0.05) is 33.6 Å². The van der Waals surface area contributed by atoms with Gasteiger partial charge in [-0.15, -0.1) is 0 Å². The number of anilines is 1. The van der Waals surface area contributed by atoms with E-state index in [9.17, 15) is 19.5 Å². The topological polar surface area (TPSA) is 117 Å². The van der Waals surface area contributed by atoms with Gasteiger partial charge in [-0.25, -0.2) is 0 Å². The van der Waals surface area contributed by atoms with E-state index in [1.54, 1.807) is 24.3 Å². The molecule has 3 aliphatic heterocycles. The van der Waals surface area contributed by atoms with Crippen molar-refractivity contribution in [3.8, 4) is 5.75 Å². The first kappa shape index (κ1) is 28.4. The molecular weight excluding hydrogens is 486 g/mol. The summed E-state index contributed by atoms with van der Waals surface area (Å²) in [7, 11) is 0. The van der Waals surface area contributed by atoms with E-state index in [1.165, 1.54) is 4.90 Å². The fourth-order valence-electron chi connectivity index (χ4n) is 6.75. The highest BCUT2D eigenvalue weighted by Gasteiger charge is 2.78. The number of aliphatic hydroxyl groups excluding tert-OH is 1. The lowest BCUT2D eigenvalue weighted by molar-refractivity contribution is -0.150. The Morgan fingerprint density at radius 2 is 1.87 bits per heavy atom. The normalized spacial score (nSPS) is 30.4. The van der Waals surface area contributed by atoms with Crippen LogP contribution in [-0.2, 0) is 19.1 Å². The number of carbonyl (C=O) groups is 3. The molecule has 9 heteroatoms. The predicted octanol–water partition coefficient (Wildman–Crippen LogP) is 3.11. The third-order valence-electron chi connectivity index (χ3n) is 8.57. The molecular formula is C29H43N3O6. The molecule has 38 heavy (non-hydrogen) atoms. The van der Waals surface area contributed by atoms with Gasteiger partial charge in [-0.05, 0) is 63.3 Å². The molecule has 3 N–H and O–H groups in total. The zero-order valence-corrected chi connectivity index (χ0v) is 23.3. The third-order valence-corrected chi connectivity index (χ3v) is 8.57. The van der Waals surface area contributed by atoms with E-state index in [2.05, 4.69) is 17.6 Å². The van der Waals surface area contributed by atoms with Crippen molar-refractivity contribution in [2.45, 2.75) is 90.0 Å². The summed E-state index contributed by atoms with van der Waals surface area (Å²) >= 11 is 0. The lowest BCUT2D eigenvalue weighted by atomic mass is 9.66. The monoisotopic (exact) mass is 529 g/mol. The number of rotatable bonds is 12. The summed E-state index contributed by atoms with van der Waals surface area (Å²) < 4.78 is 12.1. The van der Waals surface area contributed by atoms with Crippen LogP contribution in [0.15, 0.2) is 24.3 Å². The van der Waals surface area contributed by atoms with Gasteiger partial charge in [0, 0.05) is 12.2 Å². The van der Waals surface area contributed by atoms with Crippen molar-refractivity contribution in [3.63, 3.8) is 0 Å². The Hall–Kier alpha value is -2.65. The van der Waals surface area contributed by atoms with Crippen molar-refractivity contribution in [2.24, 2.45) is 17.8 Å². The lowest BCUT2D eigenvalue weighted by Gasteiger charge is -2.38. The number of fused-ring (bicyclic) bond motifs is 1. The number of ether oxygens (including phenoxy) is 2. The molecule has 1 aromatic carbocycles. The van der Waals surface area contributed by atoms with Gasteiger partial charge in [0.05, 0.1) is 36.7 Å². The minimum Gasteiger partial charge on any atom is -0.494 e. The largest absolute Gasteiger partial charge is 0.494 e. The summed E-state index contributed by atoms with van der Waals surface area (Å²) in [5.74, 6) is -1.80. The number of unbranched alkanes of at least 4 members (excludes halogenated alkanes) is 2. The van der Waals surface area contributed by atoms with Gasteiger partial charge >= 0.3 is 0 Å². The molecule has 1 spiro atoms. The van der Waals surface area contributed by atoms with E-state index in [-0.39, 0.29) is 30.2 Å². The summed E-state index contributed by atoms with van der Waals surface area (Å²) in [6.07, 6.45) is 3.94. The third kappa shape index (κ3) is 4.79. The Labute approximate surface area is 225 Å². The van der Waals surface area contributed by atoms with Crippen LogP contribution in [0.2, 0.25) is 0 Å². The highest BCUT2D eigenvalue weighted by Crippen LogP contribution is 2.63. The Morgan fingerprint density at radius 3 is 2.47 bits per heavy atom. The van der Waals surface area contributed by atoms with Crippen molar-refractivity contribution in [3.05, 3.63) is 24.3 Å². The van der Waals surface area contributed by atoms with Crippen LogP contribution >= 0.6 is 0 Å². The fraction of sp³-hybridized carbons (Fsp3) is 0.690. The molecule has 3 fully saturated rings. The van der Waals surface area contributed by atoms with E-state index < -0.39 is 35.1 Å². The van der Waals surface area contributed by atoms with Crippen LogP contribution in [-0.4, -0.2) is 70.8 Å². The van der Waals surface area contributed by atoms with E-state index in [0.717, 1.165) is 19.3 Å². The number of hydrogen-bond donors (Lipinski definition) is 3. The van der Waals surface area contributed by atoms with Gasteiger partial charge in [-0.2, -0.15) is 0 Å². The van der Waals surface area contributed by atoms with E-state index in [1.807, 2.05) is 27.7 Å². The Kier molecular flexibility index (Phi) is 8.37. The molecule has 3 amide bonds. The molecule has 0 aromatic heterocycles. The van der Waals surface area contributed by atoms with E-state index >= 15 is 0 Å².